The van der Waals surface area contributed by atoms with Gasteiger partial charge in [-0.2, -0.15) is 0 Å². The molecule has 1 aromatic carbocycles. The maximum atomic E-state index is 11.9. The Morgan fingerprint density at radius 3 is 2.81 bits per heavy atom. The second kappa shape index (κ2) is 5.00. The topological polar surface area (TPSA) is 26.3 Å². The number of fused-ring (bicyclic) bond motifs is 1. The average Bonchev–Trinajstić information content (AvgIpc) is 2.43. The minimum atomic E-state index is 0.245. The summed E-state index contributed by atoms with van der Waals surface area (Å²) in [5.41, 5.74) is 1.99. The van der Waals surface area contributed by atoms with E-state index in [0.717, 1.165) is 40.6 Å². The lowest BCUT2D eigenvalue weighted by Gasteiger charge is -2.11. The molecule has 0 heterocycles. The van der Waals surface area contributed by atoms with Crippen LogP contribution in [-0.2, 0) is 6.42 Å². The third-order valence-corrected chi connectivity index (χ3v) is 3.57. The van der Waals surface area contributed by atoms with E-state index >= 15 is 0 Å². The Morgan fingerprint density at radius 2 is 2.06 bits per heavy atom. The van der Waals surface area contributed by atoms with Crippen LogP contribution in [0.15, 0.2) is 16.6 Å². The molecule has 3 heteroatoms. The lowest BCUT2D eigenvalue weighted by Crippen LogP contribution is -2.02. The Kier molecular flexibility index (Phi) is 3.64. The molecule has 86 valence electrons. The first-order valence-electron chi connectivity index (χ1n) is 5.70. The summed E-state index contributed by atoms with van der Waals surface area (Å²) in [5.74, 6) is 1.03. The molecule has 2 rings (SSSR count). The predicted octanol–water partition coefficient (Wildman–Crippen LogP) is 3.76. The van der Waals surface area contributed by atoms with Crippen LogP contribution in [0, 0.1) is 0 Å². The van der Waals surface area contributed by atoms with Gasteiger partial charge in [0.2, 0.25) is 0 Å². The standard InChI is InChI=1S/C13H15BrO2/c1-2-16-9-7-11-10(12(14)8-9)5-3-4-6-13(11)15/h7-8H,2-6H2,1H3. The van der Waals surface area contributed by atoms with Gasteiger partial charge in [0.1, 0.15) is 5.75 Å². The number of halogens is 1. The maximum Gasteiger partial charge on any atom is 0.163 e. The van der Waals surface area contributed by atoms with E-state index in [1.165, 1.54) is 0 Å². The van der Waals surface area contributed by atoms with Gasteiger partial charge >= 0.3 is 0 Å². The molecular formula is C13H15BrO2. The number of hydrogen-bond donors (Lipinski definition) is 0. The second-order valence-corrected chi connectivity index (χ2v) is 4.85. The van der Waals surface area contributed by atoms with Crippen molar-refractivity contribution in [3.63, 3.8) is 0 Å². The molecule has 0 N–H and O–H groups in total. The summed E-state index contributed by atoms with van der Waals surface area (Å²) in [5, 5.41) is 0. The van der Waals surface area contributed by atoms with Gasteiger partial charge in [0.25, 0.3) is 0 Å². The normalized spacial score (nSPS) is 15.5. The minimum Gasteiger partial charge on any atom is -0.494 e. The van der Waals surface area contributed by atoms with Crippen molar-refractivity contribution in [1.29, 1.82) is 0 Å². The van der Waals surface area contributed by atoms with Crippen LogP contribution in [0.25, 0.3) is 0 Å². The molecule has 0 fully saturated rings. The van der Waals surface area contributed by atoms with Crippen LogP contribution in [-0.4, -0.2) is 12.4 Å². The third-order valence-electron chi connectivity index (χ3n) is 2.86. The fraction of sp³-hybridized carbons (Fsp3) is 0.462. The quantitative estimate of drug-likeness (QED) is 0.772. The molecule has 0 amide bonds. The largest absolute Gasteiger partial charge is 0.494 e. The van der Waals surface area contributed by atoms with E-state index in [-0.39, 0.29) is 5.78 Å². The lowest BCUT2D eigenvalue weighted by atomic mass is 10.0. The first kappa shape index (κ1) is 11.6. The van der Waals surface area contributed by atoms with Gasteiger partial charge in [-0.05, 0) is 43.9 Å². The molecule has 0 spiro atoms. The van der Waals surface area contributed by atoms with Crippen molar-refractivity contribution in [1.82, 2.24) is 0 Å². The van der Waals surface area contributed by atoms with Gasteiger partial charge in [0, 0.05) is 16.5 Å². The average molecular weight is 283 g/mol. The van der Waals surface area contributed by atoms with Crippen LogP contribution in [0.5, 0.6) is 5.75 Å². The van der Waals surface area contributed by atoms with E-state index in [9.17, 15) is 4.79 Å². The van der Waals surface area contributed by atoms with Crippen LogP contribution in [0.1, 0.15) is 42.1 Å². The first-order valence-corrected chi connectivity index (χ1v) is 6.50. The highest BCUT2D eigenvalue weighted by molar-refractivity contribution is 9.10. The summed E-state index contributed by atoms with van der Waals surface area (Å²) in [6.45, 7) is 2.57. The zero-order valence-electron chi connectivity index (χ0n) is 9.38. The van der Waals surface area contributed by atoms with Crippen molar-refractivity contribution in [3.8, 4) is 5.75 Å². The fourth-order valence-electron chi connectivity index (χ4n) is 2.09. The second-order valence-electron chi connectivity index (χ2n) is 3.99. The van der Waals surface area contributed by atoms with Crippen LogP contribution in [0.4, 0.5) is 0 Å². The number of carbonyl (C=O) groups excluding carboxylic acids is 1. The Morgan fingerprint density at radius 1 is 1.31 bits per heavy atom. The Hall–Kier alpha value is -0.830. The van der Waals surface area contributed by atoms with Crippen molar-refractivity contribution >= 4 is 21.7 Å². The van der Waals surface area contributed by atoms with E-state index in [0.29, 0.717) is 13.0 Å². The molecule has 0 atom stereocenters. The summed E-state index contributed by atoms with van der Waals surface area (Å²) in [4.78, 5) is 11.9. The van der Waals surface area contributed by atoms with Crippen molar-refractivity contribution in [2.24, 2.45) is 0 Å². The molecule has 16 heavy (non-hydrogen) atoms. The first-order chi connectivity index (χ1) is 7.72. The highest BCUT2D eigenvalue weighted by atomic mass is 79.9. The Labute approximate surface area is 104 Å². The van der Waals surface area contributed by atoms with E-state index in [1.54, 1.807) is 0 Å². The van der Waals surface area contributed by atoms with Gasteiger partial charge in [-0.15, -0.1) is 0 Å². The number of ether oxygens (including phenoxy) is 1. The Bertz CT molecular complexity index is 413. The van der Waals surface area contributed by atoms with Crippen molar-refractivity contribution in [2.75, 3.05) is 6.61 Å². The van der Waals surface area contributed by atoms with E-state index < -0.39 is 0 Å². The highest BCUT2D eigenvalue weighted by Crippen LogP contribution is 2.31. The zero-order chi connectivity index (χ0) is 11.5. The smallest absolute Gasteiger partial charge is 0.163 e. The van der Waals surface area contributed by atoms with Gasteiger partial charge in [-0.3, -0.25) is 4.79 Å². The van der Waals surface area contributed by atoms with Crippen LogP contribution < -0.4 is 4.74 Å². The molecule has 0 bridgehead atoms. The number of rotatable bonds is 2. The summed E-state index contributed by atoms with van der Waals surface area (Å²) >= 11 is 3.53. The van der Waals surface area contributed by atoms with Gasteiger partial charge in [0.15, 0.2) is 5.78 Å². The molecular weight excluding hydrogens is 268 g/mol. The van der Waals surface area contributed by atoms with Gasteiger partial charge in [0.05, 0.1) is 6.61 Å². The molecule has 0 unspecified atom stereocenters. The molecule has 0 radical (unpaired) electrons. The molecule has 1 aliphatic rings. The third kappa shape index (κ3) is 2.29. The number of carbonyl (C=O) groups is 1. The van der Waals surface area contributed by atoms with Gasteiger partial charge < -0.3 is 4.74 Å². The van der Waals surface area contributed by atoms with Crippen LogP contribution in [0.2, 0.25) is 0 Å². The number of ketones is 1. The van der Waals surface area contributed by atoms with E-state index in [1.807, 2.05) is 19.1 Å². The fourth-order valence-corrected chi connectivity index (χ4v) is 2.72. The SMILES string of the molecule is CCOc1cc(Br)c2c(c1)C(=O)CCCC2. The minimum absolute atomic E-state index is 0.245. The van der Waals surface area contributed by atoms with Crippen molar-refractivity contribution < 1.29 is 9.53 Å². The molecule has 1 aromatic rings. The molecule has 0 saturated carbocycles. The van der Waals surface area contributed by atoms with Gasteiger partial charge in [-0.25, -0.2) is 0 Å². The molecule has 0 aliphatic heterocycles. The monoisotopic (exact) mass is 282 g/mol. The highest BCUT2D eigenvalue weighted by Gasteiger charge is 2.18. The number of Topliss-reactive ketones (excluding diaryl/α,β-unsaturated/α-hetero) is 1. The summed E-state index contributed by atoms with van der Waals surface area (Å²) < 4.78 is 6.46. The zero-order valence-corrected chi connectivity index (χ0v) is 11.0. The van der Waals surface area contributed by atoms with Crippen LogP contribution >= 0.6 is 15.9 Å². The Balaban J connectivity index is 2.46. The summed E-state index contributed by atoms with van der Waals surface area (Å²) in [6.07, 6.45) is 3.72. The number of hydrogen-bond acceptors (Lipinski definition) is 2. The predicted molar refractivity (Wildman–Crippen MR) is 67.2 cm³/mol. The van der Waals surface area contributed by atoms with Crippen molar-refractivity contribution in [2.45, 2.75) is 32.6 Å². The number of benzene rings is 1. The summed E-state index contributed by atoms with van der Waals surface area (Å²) in [7, 11) is 0. The lowest BCUT2D eigenvalue weighted by molar-refractivity contribution is 0.0981. The van der Waals surface area contributed by atoms with E-state index in [4.69, 9.17) is 4.74 Å². The molecule has 0 saturated heterocycles. The maximum absolute atomic E-state index is 11.9. The van der Waals surface area contributed by atoms with Crippen molar-refractivity contribution in [3.05, 3.63) is 27.7 Å². The summed E-state index contributed by atoms with van der Waals surface area (Å²) in [6, 6.07) is 3.85. The van der Waals surface area contributed by atoms with E-state index in [2.05, 4.69) is 15.9 Å². The molecule has 0 aromatic heterocycles. The van der Waals surface area contributed by atoms with Crippen LogP contribution in [0.3, 0.4) is 0 Å². The van der Waals surface area contributed by atoms with Gasteiger partial charge in [-0.1, -0.05) is 15.9 Å². The molecule has 1 aliphatic carbocycles. The molecule has 2 nitrogen and oxygen atoms in total.